The van der Waals surface area contributed by atoms with Gasteiger partial charge in [0, 0.05) is 11.1 Å². The number of rotatable bonds is 1. The summed E-state index contributed by atoms with van der Waals surface area (Å²) >= 11 is 0. The third-order valence-corrected chi connectivity index (χ3v) is 2.17. The van der Waals surface area contributed by atoms with Gasteiger partial charge in [-0.1, -0.05) is 24.3 Å². The summed E-state index contributed by atoms with van der Waals surface area (Å²) in [6.45, 7) is 1.74. The van der Waals surface area contributed by atoms with Crippen molar-refractivity contribution < 1.29 is 8.78 Å². The van der Waals surface area contributed by atoms with Crippen LogP contribution < -0.4 is 0 Å². The van der Waals surface area contributed by atoms with Crippen LogP contribution in [0, 0.1) is 6.92 Å². The summed E-state index contributed by atoms with van der Waals surface area (Å²) < 4.78 is 24.8. The van der Waals surface area contributed by atoms with Crippen molar-refractivity contribution >= 4 is 10.8 Å². The SMILES string of the molecule is Cc1nc(C(F)F)cc2ccccc12. The fourth-order valence-corrected chi connectivity index (χ4v) is 1.51. The largest absolute Gasteiger partial charge is 0.280 e. The molecule has 0 N–H and O–H groups in total. The van der Waals surface area contributed by atoms with E-state index in [9.17, 15) is 8.78 Å². The molecule has 2 rings (SSSR count). The zero-order chi connectivity index (χ0) is 10.1. The van der Waals surface area contributed by atoms with Crippen LogP contribution in [0.15, 0.2) is 30.3 Å². The van der Waals surface area contributed by atoms with E-state index in [1.54, 1.807) is 6.92 Å². The van der Waals surface area contributed by atoms with Crippen molar-refractivity contribution in [3.05, 3.63) is 41.7 Å². The van der Waals surface area contributed by atoms with Gasteiger partial charge in [-0.15, -0.1) is 0 Å². The predicted molar refractivity (Wildman–Crippen MR) is 51.4 cm³/mol. The van der Waals surface area contributed by atoms with Crippen molar-refractivity contribution in [2.45, 2.75) is 13.3 Å². The lowest BCUT2D eigenvalue weighted by atomic mass is 10.1. The van der Waals surface area contributed by atoms with Gasteiger partial charge in [-0.05, 0) is 18.4 Å². The molecule has 0 unspecified atom stereocenters. The Morgan fingerprint density at radius 3 is 2.64 bits per heavy atom. The zero-order valence-corrected chi connectivity index (χ0v) is 7.67. The average molecular weight is 193 g/mol. The average Bonchev–Trinajstić information content (AvgIpc) is 2.17. The maximum Gasteiger partial charge on any atom is 0.280 e. The molecule has 14 heavy (non-hydrogen) atoms. The van der Waals surface area contributed by atoms with Crippen LogP contribution in [0.1, 0.15) is 17.8 Å². The molecule has 0 aliphatic heterocycles. The predicted octanol–water partition coefficient (Wildman–Crippen LogP) is 3.48. The number of fused-ring (bicyclic) bond motifs is 1. The van der Waals surface area contributed by atoms with Gasteiger partial charge < -0.3 is 0 Å². The van der Waals surface area contributed by atoms with Gasteiger partial charge in [0.15, 0.2) is 0 Å². The number of benzene rings is 1. The minimum Gasteiger partial charge on any atom is -0.251 e. The second-order valence-electron chi connectivity index (χ2n) is 3.15. The summed E-state index contributed by atoms with van der Waals surface area (Å²) in [5.41, 5.74) is 0.500. The van der Waals surface area contributed by atoms with Crippen LogP contribution in [-0.4, -0.2) is 4.98 Å². The van der Waals surface area contributed by atoms with E-state index >= 15 is 0 Å². The highest BCUT2D eigenvalue weighted by atomic mass is 19.3. The van der Waals surface area contributed by atoms with Gasteiger partial charge in [0.1, 0.15) is 5.69 Å². The Morgan fingerprint density at radius 1 is 1.21 bits per heavy atom. The van der Waals surface area contributed by atoms with E-state index < -0.39 is 6.43 Å². The highest BCUT2D eigenvalue weighted by molar-refractivity contribution is 5.84. The number of hydrogen-bond donors (Lipinski definition) is 0. The Kier molecular flexibility index (Phi) is 2.15. The molecule has 0 amide bonds. The van der Waals surface area contributed by atoms with Crippen molar-refractivity contribution in [2.24, 2.45) is 0 Å². The number of pyridine rings is 1. The molecule has 1 heterocycles. The molecular formula is C11H9F2N. The normalized spacial score (nSPS) is 11.1. The van der Waals surface area contributed by atoms with Crippen LogP contribution >= 0.6 is 0 Å². The lowest BCUT2D eigenvalue weighted by molar-refractivity contribution is 0.146. The number of hydrogen-bond acceptors (Lipinski definition) is 1. The Balaban J connectivity index is 2.72. The molecule has 0 spiro atoms. The lowest BCUT2D eigenvalue weighted by Gasteiger charge is -2.04. The van der Waals surface area contributed by atoms with Crippen molar-refractivity contribution in [1.29, 1.82) is 0 Å². The molecule has 1 nitrogen and oxygen atoms in total. The summed E-state index contributed by atoms with van der Waals surface area (Å²) in [5.74, 6) is 0. The topological polar surface area (TPSA) is 12.9 Å². The highest BCUT2D eigenvalue weighted by Crippen LogP contribution is 2.23. The van der Waals surface area contributed by atoms with Crippen molar-refractivity contribution in [2.75, 3.05) is 0 Å². The Labute approximate surface area is 80.4 Å². The zero-order valence-electron chi connectivity index (χ0n) is 7.67. The molecule has 0 atom stereocenters. The van der Waals surface area contributed by atoms with Crippen LogP contribution in [0.2, 0.25) is 0 Å². The van der Waals surface area contributed by atoms with Crippen LogP contribution in [0.5, 0.6) is 0 Å². The molecule has 1 aromatic carbocycles. The van der Waals surface area contributed by atoms with Crippen LogP contribution in [-0.2, 0) is 0 Å². The van der Waals surface area contributed by atoms with Gasteiger partial charge in [0.05, 0.1) is 0 Å². The number of nitrogens with zero attached hydrogens (tertiary/aromatic N) is 1. The van der Waals surface area contributed by atoms with E-state index in [2.05, 4.69) is 4.98 Å². The fourth-order valence-electron chi connectivity index (χ4n) is 1.51. The minimum absolute atomic E-state index is 0.152. The molecule has 2 aromatic rings. The fraction of sp³-hybridized carbons (Fsp3) is 0.182. The van der Waals surface area contributed by atoms with E-state index in [-0.39, 0.29) is 5.69 Å². The summed E-state index contributed by atoms with van der Waals surface area (Å²) in [4.78, 5) is 3.85. The van der Waals surface area contributed by atoms with Gasteiger partial charge in [0.25, 0.3) is 6.43 Å². The third kappa shape index (κ3) is 1.45. The molecular weight excluding hydrogens is 184 g/mol. The first-order valence-electron chi connectivity index (χ1n) is 4.33. The first kappa shape index (κ1) is 9.06. The van der Waals surface area contributed by atoms with Gasteiger partial charge in [-0.2, -0.15) is 0 Å². The quantitative estimate of drug-likeness (QED) is 0.675. The molecule has 0 aliphatic rings. The number of aromatic nitrogens is 1. The highest BCUT2D eigenvalue weighted by Gasteiger charge is 2.10. The monoisotopic (exact) mass is 193 g/mol. The first-order valence-corrected chi connectivity index (χ1v) is 4.33. The number of alkyl halides is 2. The molecule has 0 saturated carbocycles. The Bertz CT molecular complexity index is 466. The minimum atomic E-state index is -2.50. The van der Waals surface area contributed by atoms with Gasteiger partial charge in [0.2, 0.25) is 0 Å². The van der Waals surface area contributed by atoms with Gasteiger partial charge in [-0.3, -0.25) is 4.98 Å². The van der Waals surface area contributed by atoms with Crippen molar-refractivity contribution in [3.8, 4) is 0 Å². The second kappa shape index (κ2) is 3.33. The molecule has 0 bridgehead atoms. The van der Waals surface area contributed by atoms with Crippen LogP contribution in [0.4, 0.5) is 8.78 Å². The summed E-state index contributed by atoms with van der Waals surface area (Å²) in [7, 11) is 0. The molecule has 1 aromatic heterocycles. The van der Waals surface area contributed by atoms with E-state index in [0.29, 0.717) is 5.69 Å². The Morgan fingerprint density at radius 2 is 1.93 bits per heavy atom. The number of aryl methyl sites for hydroxylation is 1. The molecule has 0 radical (unpaired) electrons. The Hall–Kier alpha value is -1.51. The lowest BCUT2D eigenvalue weighted by Crippen LogP contribution is -1.93. The number of halogens is 2. The molecule has 0 saturated heterocycles. The molecule has 0 aliphatic carbocycles. The van der Waals surface area contributed by atoms with E-state index in [4.69, 9.17) is 0 Å². The molecule has 0 fully saturated rings. The smallest absolute Gasteiger partial charge is 0.251 e. The van der Waals surface area contributed by atoms with Crippen LogP contribution in [0.25, 0.3) is 10.8 Å². The summed E-state index contributed by atoms with van der Waals surface area (Å²) in [5, 5.41) is 1.74. The maximum absolute atomic E-state index is 12.4. The van der Waals surface area contributed by atoms with Gasteiger partial charge >= 0.3 is 0 Å². The van der Waals surface area contributed by atoms with Crippen molar-refractivity contribution in [3.63, 3.8) is 0 Å². The second-order valence-corrected chi connectivity index (χ2v) is 3.15. The standard InChI is InChI=1S/C11H9F2N/c1-7-9-5-3-2-4-8(9)6-10(14-7)11(12)13/h2-6,11H,1H3. The summed E-state index contributed by atoms with van der Waals surface area (Å²) in [6.07, 6.45) is -2.50. The molecule has 3 heteroatoms. The molecule has 72 valence electrons. The van der Waals surface area contributed by atoms with Crippen LogP contribution in [0.3, 0.4) is 0 Å². The van der Waals surface area contributed by atoms with E-state index in [1.807, 2.05) is 24.3 Å². The van der Waals surface area contributed by atoms with Crippen molar-refractivity contribution in [1.82, 2.24) is 4.98 Å². The van der Waals surface area contributed by atoms with E-state index in [0.717, 1.165) is 10.8 Å². The third-order valence-electron chi connectivity index (χ3n) is 2.17. The summed E-state index contributed by atoms with van der Waals surface area (Å²) in [6, 6.07) is 8.84. The van der Waals surface area contributed by atoms with Gasteiger partial charge in [-0.25, -0.2) is 8.78 Å². The van der Waals surface area contributed by atoms with E-state index in [1.165, 1.54) is 6.07 Å². The maximum atomic E-state index is 12.4. The first-order chi connectivity index (χ1) is 6.68.